The fourth-order valence-electron chi connectivity index (χ4n) is 3.26. The molecule has 8 heteroatoms. The van der Waals surface area contributed by atoms with Crippen molar-refractivity contribution in [2.75, 3.05) is 20.2 Å². The molecule has 1 N–H and O–H groups in total. The summed E-state index contributed by atoms with van der Waals surface area (Å²) >= 11 is 0. The summed E-state index contributed by atoms with van der Waals surface area (Å²) in [6.07, 6.45) is 2.03. The highest BCUT2D eigenvalue weighted by molar-refractivity contribution is 6.04. The second-order valence-electron chi connectivity index (χ2n) is 6.74. The third-order valence-electron chi connectivity index (χ3n) is 4.74. The first-order valence-corrected chi connectivity index (χ1v) is 9.05. The molecule has 0 unspecified atom stereocenters. The van der Waals surface area contributed by atoms with Gasteiger partial charge in [0.2, 0.25) is 11.7 Å². The average Bonchev–Trinajstić information content (AvgIpc) is 2.77. The molecule has 1 amide bonds. The van der Waals surface area contributed by atoms with Crippen LogP contribution in [0.1, 0.15) is 64.7 Å². The number of carbonyl (C=O) groups is 4. The Balaban J connectivity index is 2.04. The van der Waals surface area contributed by atoms with Crippen LogP contribution in [0.25, 0.3) is 0 Å². The number of nitrogens with one attached hydrogen (secondary N) is 1. The average molecular weight is 378 g/mol. The Morgan fingerprint density at radius 3 is 2.56 bits per heavy atom. The van der Waals surface area contributed by atoms with Crippen LogP contribution in [-0.2, 0) is 19.1 Å². The third-order valence-corrected chi connectivity index (χ3v) is 4.74. The Hall–Kier alpha value is -2.64. The number of ether oxygens (including phenoxy) is 2. The Morgan fingerprint density at radius 2 is 1.89 bits per heavy atom. The number of methoxy groups -OCH3 is 1. The molecule has 8 nitrogen and oxygen atoms in total. The predicted octanol–water partition coefficient (Wildman–Crippen LogP) is 1.94. The minimum atomic E-state index is -1.04. The Labute approximate surface area is 158 Å². The zero-order valence-corrected chi connectivity index (χ0v) is 16.2. The number of likely N-dealkylation sites (tertiary alicyclic amines) is 1. The molecule has 1 aromatic heterocycles. The summed E-state index contributed by atoms with van der Waals surface area (Å²) in [5, 5.41) is 0. The molecule has 2 heterocycles. The lowest BCUT2D eigenvalue weighted by Gasteiger charge is -2.20. The summed E-state index contributed by atoms with van der Waals surface area (Å²) in [5.41, 5.74) is 1.47. The minimum Gasteiger partial charge on any atom is -0.465 e. The Kier molecular flexibility index (Phi) is 6.76. The van der Waals surface area contributed by atoms with E-state index in [-0.39, 0.29) is 18.1 Å². The smallest absolute Gasteiger partial charge is 0.339 e. The highest BCUT2D eigenvalue weighted by Gasteiger charge is 2.28. The number of nitrogens with zero attached hydrogens (tertiary/aromatic N) is 1. The van der Waals surface area contributed by atoms with Gasteiger partial charge in [0.25, 0.3) is 0 Å². The van der Waals surface area contributed by atoms with E-state index in [9.17, 15) is 19.2 Å². The van der Waals surface area contributed by atoms with E-state index in [0.717, 1.165) is 19.3 Å². The molecule has 1 aliphatic rings. The van der Waals surface area contributed by atoms with Crippen molar-refractivity contribution in [2.45, 2.75) is 52.6 Å². The van der Waals surface area contributed by atoms with Crippen molar-refractivity contribution in [3.8, 4) is 0 Å². The molecule has 27 heavy (non-hydrogen) atoms. The van der Waals surface area contributed by atoms with Gasteiger partial charge >= 0.3 is 11.9 Å². The van der Waals surface area contributed by atoms with Gasteiger partial charge in [-0.15, -0.1) is 0 Å². The van der Waals surface area contributed by atoms with Gasteiger partial charge in [0, 0.05) is 18.7 Å². The van der Waals surface area contributed by atoms with Crippen molar-refractivity contribution >= 4 is 23.6 Å². The van der Waals surface area contributed by atoms with Gasteiger partial charge in [0.1, 0.15) is 6.54 Å². The van der Waals surface area contributed by atoms with Crippen LogP contribution in [0.3, 0.4) is 0 Å². The summed E-state index contributed by atoms with van der Waals surface area (Å²) in [7, 11) is 1.27. The van der Waals surface area contributed by atoms with E-state index in [0.29, 0.717) is 29.8 Å². The van der Waals surface area contributed by atoms with E-state index in [1.165, 1.54) is 18.9 Å². The number of ketones is 1. The number of rotatable bonds is 6. The highest BCUT2D eigenvalue weighted by Crippen LogP contribution is 2.21. The van der Waals surface area contributed by atoms with Crippen molar-refractivity contribution in [3.05, 3.63) is 22.5 Å². The molecule has 2 rings (SSSR count). The van der Waals surface area contributed by atoms with Gasteiger partial charge in [-0.05, 0) is 39.2 Å². The first kappa shape index (κ1) is 20.7. The van der Waals surface area contributed by atoms with E-state index in [4.69, 9.17) is 9.47 Å². The molecular formula is C19H26N2O6. The van der Waals surface area contributed by atoms with Crippen LogP contribution in [-0.4, -0.2) is 59.8 Å². The lowest BCUT2D eigenvalue weighted by atomic mass is 10.1. The number of Topliss-reactive ketones (excluding diaryl/α,β-unsaturated/α-hetero) is 1. The van der Waals surface area contributed by atoms with E-state index < -0.39 is 23.8 Å². The first-order chi connectivity index (χ1) is 12.8. The zero-order valence-electron chi connectivity index (χ0n) is 16.2. The molecule has 0 spiro atoms. The fraction of sp³-hybridized carbons (Fsp3) is 0.579. The Morgan fingerprint density at radius 1 is 1.19 bits per heavy atom. The van der Waals surface area contributed by atoms with E-state index in [2.05, 4.69) is 4.98 Å². The van der Waals surface area contributed by atoms with Gasteiger partial charge in [-0.25, -0.2) is 4.79 Å². The third kappa shape index (κ3) is 4.75. The molecule has 0 saturated carbocycles. The number of hydrogen-bond donors (Lipinski definition) is 1. The monoisotopic (exact) mass is 378 g/mol. The molecule has 1 aliphatic heterocycles. The predicted molar refractivity (Wildman–Crippen MR) is 96.5 cm³/mol. The number of carbonyl (C=O) groups excluding carboxylic acids is 4. The largest absolute Gasteiger partial charge is 0.465 e. The Bertz CT molecular complexity index is 752. The second kappa shape index (κ2) is 8.83. The molecule has 1 atom stereocenters. The van der Waals surface area contributed by atoms with Crippen LogP contribution >= 0.6 is 0 Å². The second-order valence-corrected chi connectivity index (χ2v) is 6.74. The number of aromatic nitrogens is 1. The van der Waals surface area contributed by atoms with E-state index >= 15 is 0 Å². The number of aromatic amines is 1. The van der Waals surface area contributed by atoms with Crippen LogP contribution in [0, 0.1) is 13.8 Å². The van der Waals surface area contributed by atoms with Crippen LogP contribution in [0.4, 0.5) is 0 Å². The number of aryl methyl sites for hydroxylation is 1. The summed E-state index contributed by atoms with van der Waals surface area (Å²) in [5.74, 6) is -1.67. The molecule has 1 fully saturated rings. The SMILES string of the molecule is COC(=O)c1c(C)[nH]c(C(=O)[C@@H](C)OC(=O)CN2CCCCCC2=O)c1C. The number of esters is 2. The van der Waals surface area contributed by atoms with Gasteiger partial charge in [0.15, 0.2) is 6.10 Å². The summed E-state index contributed by atoms with van der Waals surface area (Å²) in [6, 6.07) is 0. The van der Waals surface area contributed by atoms with Gasteiger partial charge < -0.3 is 19.4 Å². The summed E-state index contributed by atoms with van der Waals surface area (Å²) < 4.78 is 9.96. The molecule has 0 bridgehead atoms. The van der Waals surface area contributed by atoms with Gasteiger partial charge in [-0.1, -0.05) is 6.42 Å². The van der Waals surface area contributed by atoms with Gasteiger partial charge in [-0.3, -0.25) is 14.4 Å². The zero-order chi connectivity index (χ0) is 20.1. The summed E-state index contributed by atoms with van der Waals surface area (Å²) in [6.45, 7) is 5.13. The molecule has 148 valence electrons. The molecule has 0 aromatic carbocycles. The lowest BCUT2D eigenvalue weighted by Crippen LogP contribution is -2.38. The quantitative estimate of drug-likeness (QED) is 0.599. The standard InChI is InChI=1S/C19H26N2O6/c1-11-16(19(25)26-4)12(2)20-17(11)18(24)13(3)27-15(23)10-21-9-7-5-6-8-14(21)22/h13,20H,5-10H2,1-4H3/t13-/m1/s1. The number of H-pyrrole nitrogens is 1. The topological polar surface area (TPSA) is 106 Å². The van der Waals surface area contributed by atoms with E-state index in [1.54, 1.807) is 13.8 Å². The summed E-state index contributed by atoms with van der Waals surface area (Å²) in [4.78, 5) is 53.0. The fourth-order valence-corrected chi connectivity index (χ4v) is 3.26. The van der Waals surface area contributed by atoms with Crippen LogP contribution in [0.5, 0.6) is 0 Å². The maximum Gasteiger partial charge on any atom is 0.339 e. The van der Waals surface area contributed by atoms with Gasteiger partial charge in [-0.2, -0.15) is 0 Å². The molecule has 1 saturated heterocycles. The van der Waals surface area contributed by atoms with Crippen molar-refractivity contribution in [1.82, 2.24) is 9.88 Å². The maximum atomic E-state index is 12.6. The molecule has 0 radical (unpaired) electrons. The first-order valence-electron chi connectivity index (χ1n) is 9.05. The molecule has 1 aromatic rings. The van der Waals surface area contributed by atoms with Crippen molar-refractivity contribution < 1.29 is 28.7 Å². The van der Waals surface area contributed by atoms with Crippen LogP contribution < -0.4 is 0 Å². The van der Waals surface area contributed by atoms with Gasteiger partial charge in [0.05, 0.1) is 18.4 Å². The van der Waals surface area contributed by atoms with Crippen molar-refractivity contribution in [1.29, 1.82) is 0 Å². The van der Waals surface area contributed by atoms with E-state index in [1.807, 2.05) is 0 Å². The van der Waals surface area contributed by atoms with Crippen molar-refractivity contribution in [3.63, 3.8) is 0 Å². The maximum absolute atomic E-state index is 12.6. The lowest BCUT2D eigenvalue weighted by molar-refractivity contribution is -0.151. The number of amides is 1. The molecular weight excluding hydrogens is 352 g/mol. The normalized spacial score (nSPS) is 15.9. The highest BCUT2D eigenvalue weighted by atomic mass is 16.5. The minimum absolute atomic E-state index is 0.0676. The number of hydrogen-bond acceptors (Lipinski definition) is 6. The van der Waals surface area contributed by atoms with Crippen LogP contribution in [0.2, 0.25) is 0 Å². The van der Waals surface area contributed by atoms with Crippen molar-refractivity contribution in [2.24, 2.45) is 0 Å². The molecule has 0 aliphatic carbocycles. The van der Waals surface area contributed by atoms with Crippen LogP contribution in [0.15, 0.2) is 0 Å².